The molecule has 51 heavy (non-hydrogen) atoms. The number of anilines is 1. The molecule has 1 aromatic heterocycles. The summed E-state index contributed by atoms with van der Waals surface area (Å²) in [5.41, 5.74) is 12.4. The maximum Gasteiger partial charge on any atom is 0.586 e. The fourth-order valence-corrected chi connectivity index (χ4v) is 6.12. The number of nitrogens with two attached hydrogens (primary N) is 2. The van der Waals surface area contributed by atoms with E-state index in [1.54, 1.807) is 36.4 Å². The molecule has 1 amide bonds. The lowest BCUT2D eigenvalue weighted by molar-refractivity contribution is -0.286. The molecule has 0 spiro atoms. The van der Waals surface area contributed by atoms with Crippen LogP contribution in [-0.2, 0) is 11.0 Å². The quantitative estimate of drug-likeness (QED) is 0.0988. The van der Waals surface area contributed by atoms with E-state index in [1.807, 2.05) is 13.8 Å². The number of hydrogen-bond acceptors (Lipinski definition) is 10. The van der Waals surface area contributed by atoms with Crippen molar-refractivity contribution in [3.63, 3.8) is 0 Å². The number of aliphatic imine (C=N–C) groups is 1. The van der Waals surface area contributed by atoms with Crippen LogP contribution in [0.2, 0.25) is 0 Å². The Labute approximate surface area is 291 Å². The van der Waals surface area contributed by atoms with Crippen molar-refractivity contribution in [2.75, 3.05) is 26.0 Å². The Balaban J connectivity index is 1.31. The molecule has 14 heteroatoms. The van der Waals surface area contributed by atoms with E-state index in [-0.39, 0.29) is 53.0 Å². The van der Waals surface area contributed by atoms with Crippen LogP contribution in [0.5, 0.6) is 23.0 Å². The van der Waals surface area contributed by atoms with E-state index in [0.29, 0.717) is 40.8 Å². The first-order chi connectivity index (χ1) is 24.1. The topological polar surface area (TPSA) is 164 Å². The number of nitrogen functional groups attached to an aromatic ring is 1. The minimum atomic E-state index is -3.83. The number of methoxy groups -OCH3 is 1. The van der Waals surface area contributed by atoms with Gasteiger partial charge >= 0.3 is 6.29 Å². The Morgan fingerprint density at radius 1 is 1.12 bits per heavy atom. The van der Waals surface area contributed by atoms with Gasteiger partial charge < -0.3 is 40.8 Å². The van der Waals surface area contributed by atoms with Crippen molar-refractivity contribution < 1.29 is 42.0 Å². The average Bonchev–Trinajstić information content (AvgIpc) is 3.62. The van der Waals surface area contributed by atoms with Gasteiger partial charge in [0, 0.05) is 52.8 Å². The van der Waals surface area contributed by atoms with E-state index >= 15 is 0 Å². The van der Waals surface area contributed by atoms with Gasteiger partial charge in [0.15, 0.2) is 17.3 Å². The van der Waals surface area contributed by atoms with Gasteiger partial charge in [0.05, 0.1) is 31.6 Å². The molecular formula is C37H36F3N5O6. The molecule has 1 unspecified atom stereocenters. The minimum absolute atomic E-state index is 0.124. The van der Waals surface area contributed by atoms with E-state index in [2.05, 4.69) is 15.0 Å². The van der Waals surface area contributed by atoms with Crippen molar-refractivity contribution in [3.05, 3.63) is 94.7 Å². The summed E-state index contributed by atoms with van der Waals surface area (Å²) in [6.07, 6.45) is -1.94. The third-order valence-electron chi connectivity index (χ3n) is 9.72. The van der Waals surface area contributed by atoms with Crippen LogP contribution in [0.3, 0.4) is 0 Å². The number of nitrogens with zero attached hydrogens (tertiary/aromatic N) is 2. The highest BCUT2D eigenvalue weighted by molar-refractivity contribution is 5.99. The zero-order valence-corrected chi connectivity index (χ0v) is 28.0. The number of rotatable bonds is 10. The van der Waals surface area contributed by atoms with Crippen LogP contribution in [0.4, 0.5) is 18.9 Å². The van der Waals surface area contributed by atoms with Gasteiger partial charge in [-0.15, -0.1) is 8.78 Å². The minimum Gasteiger partial charge on any atom is -0.495 e. The third kappa shape index (κ3) is 6.18. The van der Waals surface area contributed by atoms with Crippen LogP contribution < -0.4 is 35.7 Å². The lowest BCUT2D eigenvalue weighted by atomic mass is 9.77. The second-order valence-corrected chi connectivity index (χ2v) is 13.3. The van der Waals surface area contributed by atoms with E-state index < -0.39 is 35.1 Å². The fraction of sp³-hybridized carbons (Fsp3) is 0.324. The number of amides is 1. The van der Waals surface area contributed by atoms with Crippen LogP contribution in [0.1, 0.15) is 59.4 Å². The van der Waals surface area contributed by atoms with Gasteiger partial charge in [0.25, 0.3) is 5.91 Å². The molecule has 1 saturated carbocycles. The molecule has 7 rings (SSSR count). The van der Waals surface area contributed by atoms with Gasteiger partial charge in [-0.05, 0) is 48.9 Å². The van der Waals surface area contributed by atoms with Crippen molar-refractivity contribution in [2.24, 2.45) is 10.7 Å². The van der Waals surface area contributed by atoms with Gasteiger partial charge in [-0.1, -0.05) is 37.3 Å². The predicted octanol–water partition coefficient (Wildman–Crippen LogP) is 5.20. The number of benzene rings is 3. The molecule has 3 heterocycles. The molecule has 11 nitrogen and oxygen atoms in total. The third-order valence-corrected chi connectivity index (χ3v) is 9.72. The second kappa shape index (κ2) is 12.2. The van der Waals surface area contributed by atoms with Crippen LogP contribution in [0.25, 0.3) is 11.3 Å². The predicted molar refractivity (Wildman–Crippen MR) is 182 cm³/mol. The van der Waals surface area contributed by atoms with Crippen molar-refractivity contribution in [3.8, 4) is 34.3 Å². The number of nitrogens with one attached hydrogen (secondary N) is 1. The SMILES string of the molecule is COc1cc(C(=O)NC[C@@](O)(c2ccccc2)c2cc3c(c(-c4ccc5c(c4)OC(F)(F)O5)n2)OC[C@]3(C)C(C)N)cc(/C=N/C2(F)CC2)c1N. The Morgan fingerprint density at radius 2 is 1.84 bits per heavy atom. The number of halogens is 3. The smallest absolute Gasteiger partial charge is 0.495 e. The van der Waals surface area contributed by atoms with Crippen molar-refractivity contribution in [1.29, 1.82) is 0 Å². The van der Waals surface area contributed by atoms with Crippen LogP contribution in [-0.4, -0.2) is 60.6 Å². The van der Waals surface area contributed by atoms with Crippen molar-refractivity contribution >= 4 is 17.8 Å². The van der Waals surface area contributed by atoms with Crippen LogP contribution in [0, 0.1) is 0 Å². The molecular weight excluding hydrogens is 667 g/mol. The number of aliphatic hydroxyl groups is 1. The van der Waals surface area contributed by atoms with Gasteiger partial charge in [0.2, 0.25) is 0 Å². The summed E-state index contributed by atoms with van der Waals surface area (Å²) < 4.78 is 63.0. The van der Waals surface area contributed by atoms with E-state index in [1.165, 1.54) is 43.7 Å². The van der Waals surface area contributed by atoms with Gasteiger partial charge in [-0.25, -0.2) is 9.37 Å². The maximum absolute atomic E-state index is 14.3. The fourth-order valence-electron chi connectivity index (χ4n) is 6.12. The molecule has 2 aliphatic heterocycles. The number of carbonyl (C=O) groups is 1. The zero-order chi connectivity index (χ0) is 36.3. The standard InChI is InChI=1S/C37H36F3N5O6/c1-20(41)34(2)19-49-32-25(34)16-29(45-31(32)21-9-10-26-27(14-21)51-37(39,40)50-26)36(47,24-7-5-4-6-8-24)18-43-33(46)22-13-23(17-44-35(38)11-12-35)30(42)28(15-22)48-3/h4-10,13-17,20,47H,11-12,18-19,41-42H2,1-3H3,(H,43,46)/b44-17+/t20?,34-,36-/m1/s1. The molecule has 3 aliphatic rings. The molecule has 0 bridgehead atoms. The lowest BCUT2D eigenvalue weighted by Gasteiger charge is -2.32. The van der Waals surface area contributed by atoms with E-state index in [0.717, 1.165) is 0 Å². The number of aromatic nitrogens is 1. The van der Waals surface area contributed by atoms with Gasteiger partial charge in [-0.2, -0.15) is 0 Å². The zero-order valence-electron chi connectivity index (χ0n) is 28.0. The largest absolute Gasteiger partial charge is 0.586 e. The number of pyridine rings is 1. The summed E-state index contributed by atoms with van der Waals surface area (Å²) in [6, 6.07) is 17.0. The highest BCUT2D eigenvalue weighted by Crippen LogP contribution is 2.49. The first-order valence-electron chi connectivity index (χ1n) is 16.3. The molecule has 1 aliphatic carbocycles. The molecule has 4 aromatic rings. The summed E-state index contributed by atoms with van der Waals surface area (Å²) in [5, 5.41) is 15.5. The second-order valence-electron chi connectivity index (χ2n) is 13.3. The molecule has 3 atom stereocenters. The average molecular weight is 704 g/mol. The lowest BCUT2D eigenvalue weighted by Crippen LogP contribution is -2.44. The van der Waals surface area contributed by atoms with Crippen LogP contribution >= 0.6 is 0 Å². The number of carbonyl (C=O) groups excluding carboxylic acids is 1. The molecule has 1 fully saturated rings. The molecule has 0 radical (unpaired) electrons. The Morgan fingerprint density at radius 3 is 2.53 bits per heavy atom. The normalized spacial score (nSPS) is 21.0. The number of ether oxygens (including phenoxy) is 4. The monoisotopic (exact) mass is 703 g/mol. The number of fused-ring (bicyclic) bond motifs is 2. The number of hydrogen-bond donors (Lipinski definition) is 4. The highest BCUT2D eigenvalue weighted by atomic mass is 19.3. The van der Waals surface area contributed by atoms with Gasteiger partial charge in [0.1, 0.15) is 22.8 Å². The molecule has 6 N–H and O–H groups in total. The van der Waals surface area contributed by atoms with Crippen molar-refractivity contribution in [2.45, 2.75) is 55.8 Å². The first kappa shape index (κ1) is 34.1. The summed E-state index contributed by atoms with van der Waals surface area (Å²) in [5.74, 6) is -2.02. The Kier molecular flexibility index (Phi) is 8.14. The summed E-state index contributed by atoms with van der Waals surface area (Å²) in [4.78, 5) is 22.6. The van der Waals surface area contributed by atoms with Crippen molar-refractivity contribution in [1.82, 2.24) is 10.3 Å². The van der Waals surface area contributed by atoms with Crippen LogP contribution in [0.15, 0.2) is 71.7 Å². The molecule has 0 saturated heterocycles. The molecule has 3 aromatic carbocycles. The van der Waals surface area contributed by atoms with Gasteiger partial charge in [-0.3, -0.25) is 9.79 Å². The highest BCUT2D eigenvalue weighted by Gasteiger charge is 2.46. The molecule has 266 valence electrons. The van der Waals surface area contributed by atoms with E-state index in [4.69, 9.17) is 30.7 Å². The van der Waals surface area contributed by atoms with E-state index in [9.17, 15) is 23.1 Å². The Hall–Kier alpha value is -5.34. The number of alkyl halides is 3. The summed E-state index contributed by atoms with van der Waals surface area (Å²) in [7, 11) is 1.39. The Bertz CT molecular complexity index is 2060. The maximum atomic E-state index is 14.3. The first-order valence-corrected chi connectivity index (χ1v) is 16.3. The summed E-state index contributed by atoms with van der Waals surface area (Å²) in [6.45, 7) is 3.58. The summed E-state index contributed by atoms with van der Waals surface area (Å²) >= 11 is 0.